The van der Waals surface area contributed by atoms with Crippen LogP contribution in [0.15, 0.2) is 77.8 Å². The second-order valence-electron chi connectivity index (χ2n) is 11.4. The van der Waals surface area contributed by atoms with Gasteiger partial charge in [-0.15, -0.1) is 0 Å². The molecule has 6 aromatic heterocycles. The number of nitrogens with zero attached hydrogens (tertiary/aromatic N) is 10. The number of fused-ring (bicyclic) bond motifs is 2. The molecule has 6 aromatic rings. The molecule has 0 bridgehead atoms. The highest BCUT2D eigenvalue weighted by Crippen LogP contribution is 2.27. The first-order chi connectivity index (χ1) is 22.7. The van der Waals surface area contributed by atoms with Crippen LogP contribution in [0.1, 0.15) is 39.5 Å². The van der Waals surface area contributed by atoms with Crippen molar-refractivity contribution in [2.75, 3.05) is 33.9 Å². The Morgan fingerprint density at radius 3 is 1.98 bits per heavy atom. The number of halogens is 3. The Morgan fingerprint density at radius 2 is 1.36 bits per heavy atom. The fraction of sp³-hybridized carbons (Fsp3) is 0.312. The van der Waals surface area contributed by atoms with E-state index in [1.54, 1.807) is 46.0 Å². The number of nitrogen functional groups attached to an aromatic ring is 1. The topological polar surface area (TPSA) is 131 Å². The molecule has 0 radical (unpaired) electrons. The molecule has 8 rings (SSSR count). The number of hydrogen-bond donors (Lipinski definition) is 2. The van der Waals surface area contributed by atoms with E-state index in [0.29, 0.717) is 28.2 Å². The molecule has 0 saturated carbocycles. The molecule has 47 heavy (non-hydrogen) atoms. The third-order valence-corrected chi connectivity index (χ3v) is 9.01. The maximum Gasteiger partial charge on any atom is 0.177 e. The highest BCUT2D eigenvalue weighted by molar-refractivity contribution is 9.10. The van der Waals surface area contributed by atoms with Crippen molar-refractivity contribution in [2.24, 2.45) is 0 Å². The molecule has 0 amide bonds. The van der Waals surface area contributed by atoms with Crippen LogP contribution in [0.4, 0.5) is 29.0 Å². The summed E-state index contributed by atoms with van der Waals surface area (Å²) in [4.78, 5) is 22.1. The van der Waals surface area contributed by atoms with Gasteiger partial charge in [-0.05, 0) is 85.8 Å². The van der Waals surface area contributed by atoms with Crippen LogP contribution in [-0.2, 0) is 0 Å². The van der Waals surface area contributed by atoms with E-state index < -0.39 is 0 Å². The maximum atomic E-state index is 6.07. The van der Waals surface area contributed by atoms with Gasteiger partial charge in [0.25, 0.3) is 0 Å². The highest BCUT2D eigenvalue weighted by atomic mass is 79.9. The van der Waals surface area contributed by atoms with E-state index >= 15 is 0 Å². The molecular formula is C32H35BrCl2N12. The molecule has 3 N–H and O–H groups in total. The molecule has 8 heterocycles. The van der Waals surface area contributed by atoms with Crippen LogP contribution in [0.2, 0.25) is 10.3 Å². The van der Waals surface area contributed by atoms with Crippen molar-refractivity contribution in [3.05, 3.63) is 88.1 Å². The third-order valence-electron chi connectivity index (χ3n) is 8.06. The van der Waals surface area contributed by atoms with Crippen molar-refractivity contribution in [1.82, 2.24) is 39.2 Å². The van der Waals surface area contributed by atoms with Gasteiger partial charge in [0.05, 0.1) is 10.2 Å². The van der Waals surface area contributed by atoms with E-state index in [2.05, 4.69) is 76.1 Å². The van der Waals surface area contributed by atoms with Crippen LogP contribution in [0.3, 0.4) is 0 Å². The summed E-state index contributed by atoms with van der Waals surface area (Å²) in [7, 11) is 0. The van der Waals surface area contributed by atoms with Gasteiger partial charge in [0.1, 0.15) is 23.3 Å². The number of nitrogens with two attached hydrogens (primary N) is 1. The number of rotatable bonds is 4. The molecule has 15 heteroatoms. The Bertz CT molecular complexity index is 1960. The molecule has 2 aliphatic heterocycles. The predicted octanol–water partition coefficient (Wildman–Crippen LogP) is 7.31. The van der Waals surface area contributed by atoms with Crippen molar-refractivity contribution in [1.29, 1.82) is 0 Å². The van der Waals surface area contributed by atoms with E-state index in [9.17, 15) is 0 Å². The lowest BCUT2D eigenvalue weighted by atomic mass is 10.2. The Balaban J connectivity index is 0.000000136. The lowest BCUT2D eigenvalue weighted by Gasteiger charge is -2.23. The lowest BCUT2D eigenvalue weighted by molar-refractivity contribution is 0.727. The fourth-order valence-electron chi connectivity index (χ4n) is 5.77. The fourth-order valence-corrected chi connectivity index (χ4v) is 6.78. The molecule has 2 saturated heterocycles. The second kappa shape index (κ2) is 14.7. The van der Waals surface area contributed by atoms with Gasteiger partial charge in [-0.1, -0.05) is 35.3 Å². The van der Waals surface area contributed by atoms with Gasteiger partial charge in [-0.2, -0.15) is 10.2 Å². The zero-order valence-electron chi connectivity index (χ0n) is 26.0. The Labute approximate surface area is 291 Å². The van der Waals surface area contributed by atoms with Crippen LogP contribution in [0.25, 0.3) is 11.3 Å². The number of nitrogens with one attached hydrogen (secondary N) is 1. The molecule has 0 spiro atoms. The van der Waals surface area contributed by atoms with E-state index in [1.807, 2.05) is 30.3 Å². The Morgan fingerprint density at radius 1 is 0.787 bits per heavy atom. The van der Waals surface area contributed by atoms with Crippen molar-refractivity contribution in [3.63, 3.8) is 0 Å². The van der Waals surface area contributed by atoms with E-state index in [1.165, 1.54) is 25.7 Å². The van der Waals surface area contributed by atoms with Gasteiger partial charge in [-0.3, -0.25) is 0 Å². The quantitative estimate of drug-likeness (QED) is 0.190. The molecule has 0 unspecified atom stereocenters. The van der Waals surface area contributed by atoms with E-state index in [4.69, 9.17) is 33.9 Å². The Kier molecular flexibility index (Phi) is 10.2. The summed E-state index contributed by atoms with van der Waals surface area (Å²) >= 11 is 15.1. The second-order valence-corrected chi connectivity index (χ2v) is 13.0. The molecule has 0 aliphatic carbocycles. The van der Waals surface area contributed by atoms with Gasteiger partial charge < -0.3 is 20.9 Å². The van der Waals surface area contributed by atoms with Crippen molar-refractivity contribution in [3.8, 4) is 0 Å². The van der Waals surface area contributed by atoms with Crippen molar-refractivity contribution >= 4 is 79.4 Å². The summed E-state index contributed by atoms with van der Waals surface area (Å²) in [5.41, 5.74) is 7.91. The first kappa shape index (κ1) is 32.7. The molecule has 12 nitrogen and oxygen atoms in total. The first-order valence-electron chi connectivity index (χ1n) is 15.4. The molecule has 0 aromatic carbocycles. The smallest absolute Gasteiger partial charge is 0.177 e. The van der Waals surface area contributed by atoms with E-state index in [-0.39, 0.29) is 0 Å². The van der Waals surface area contributed by atoms with Crippen molar-refractivity contribution < 1.29 is 0 Å². The number of aromatic nitrogens is 8. The number of pyridine rings is 2. The highest BCUT2D eigenvalue weighted by Gasteiger charge is 2.22. The molecule has 2 aliphatic rings. The third kappa shape index (κ3) is 7.86. The van der Waals surface area contributed by atoms with Crippen LogP contribution >= 0.6 is 39.1 Å². The van der Waals surface area contributed by atoms with Crippen molar-refractivity contribution in [2.45, 2.75) is 51.6 Å². The van der Waals surface area contributed by atoms with Crippen LogP contribution in [-0.4, -0.2) is 64.3 Å². The SMILES string of the molecule is C[C@H]1CCCN1c1cccc(N)n1.C[C@H]1CCCN1c1cccc(Nc2cc(Cl)nn3ccnc23)n1.Clc1cc(Br)c2nccn2n1. The van der Waals surface area contributed by atoms with Gasteiger partial charge in [-0.25, -0.2) is 29.0 Å². The molecular weight excluding hydrogens is 703 g/mol. The minimum Gasteiger partial charge on any atom is -0.384 e. The van der Waals surface area contributed by atoms with Gasteiger partial charge in [0.15, 0.2) is 21.6 Å². The zero-order chi connectivity index (χ0) is 32.9. The number of anilines is 5. The van der Waals surface area contributed by atoms with Gasteiger partial charge in [0.2, 0.25) is 0 Å². The number of imidazole rings is 2. The average Bonchev–Trinajstić information content (AvgIpc) is 3.86. The normalized spacial score (nSPS) is 17.4. The monoisotopic (exact) mass is 736 g/mol. The predicted molar refractivity (Wildman–Crippen MR) is 192 cm³/mol. The van der Waals surface area contributed by atoms with Gasteiger partial charge >= 0.3 is 0 Å². The average molecular weight is 739 g/mol. The molecule has 2 atom stereocenters. The largest absolute Gasteiger partial charge is 0.384 e. The number of hydrogen-bond acceptors (Lipinski definition) is 10. The van der Waals surface area contributed by atoms with E-state index in [0.717, 1.165) is 52.0 Å². The maximum absolute atomic E-state index is 6.07. The first-order valence-corrected chi connectivity index (χ1v) is 17.0. The summed E-state index contributed by atoms with van der Waals surface area (Å²) < 4.78 is 4.12. The minimum absolute atomic E-state index is 0.405. The van der Waals surface area contributed by atoms with Crippen LogP contribution in [0, 0.1) is 0 Å². The standard InChI is InChI=1S/C16H17ClN6.C10H15N3.C6H3BrClN3/c1-11-4-3-8-22(11)15-6-2-5-14(20-15)19-12-10-13(17)21-23-9-7-18-16(12)23;1-8-4-3-7-13(8)10-6-2-5-9(11)12-10;7-4-3-5(8)10-11-2-1-9-6(4)11/h2,5-7,9-11H,3-4,8H2,1H3,(H,19,20);2,5-6,8H,3-4,7H2,1H3,(H2,11,12);1-3H/t11-;8-;/m00./s1. The summed E-state index contributed by atoms with van der Waals surface area (Å²) in [6, 6.07) is 16.4. The minimum atomic E-state index is 0.405. The lowest BCUT2D eigenvalue weighted by Crippen LogP contribution is -2.27. The van der Waals surface area contributed by atoms with Gasteiger partial charge in [0, 0.05) is 56.0 Å². The summed E-state index contributed by atoms with van der Waals surface area (Å²) in [5, 5.41) is 12.3. The van der Waals surface area contributed by atoms with Crippen LogP contribution < -0.4 is 20.9 Å². The summed E-state index contributed by atoms with van der Waals surface area (Å²) in [5.74, 6) is 3.40. The zero-order valence-corrected chi connectivity index (χ0v) is 29.1. The molecule has 2 fully saturated rings. The molecule has 244 valence electrons. The summed E-state index contributed by atoms with van der Waals surface area (Å²) in [6.07, 6.45) is 11.8. The van der Waals surface area contributed by atoms with Crippen LogP contribution in [0.5, 0.6) is 0 Å². The summed E-state index contributed by atoms with van der Waals surface area (Å²) in [6.45, 7) is 6.64. The Hall–Kier alpha value is -4.20.